The Hall–Kier alpha value is -2.63. The molecule has 4 rings (SSSR count). The molecule has 0 spiro atoms. The van der Waals surface area contributed by atoms with E-state index in [1.807, 2.05) is 65.0 Å². The first-order valence-corrected chi connectivity index (χ1v) is 10.2. The first-order chi connectivity index (χ1) is 13.5. The number of hydrogen-bond donors (Lipinski definition) is 0. The van der Waals surface area contributed by atoms with Gasteiger partial charge in [0.1, 0.15) is 0 Å². The normalized spacial score (nSPS) is 21.9. The lowest BCUT2D eigenvalue weighted by Crippen LogP contribution is -2.42. The third kappa shape index (κ3) is 3.55. The van der Waals surface area contributed by atoms with Crippen LogP contribution in [0.25, 0.3) is 0 Å². The van der Waals surface area contributed by atoms with Crippen LogP contribution in [0.3, 0.4) is 0 Å². The molecule has 0 bridgehead atoms. The van der Waals surface area contributed by atoms with Gasteiger partial charge in [0.15, 0.2) is 0 Å². The summed E-state index contributed by atoms with van der Waals surface area (Å²) in [6.45, 7) is 4.08. The van der Waals surface area contributed by atoms with Crippen molar-refractivity contribution in [1.29, 1.82) is 0 Å². The van der Waals surface area contributed by atoms with Crippen molar-refractivity contribution in [2.24, 2.45) is 13.0 Å². The van der Waals surface area contributed by atoms with E-state index in [9.17, 15) is 9.59 Å². The van der Waals surface area contributed by atoms with Crippen LogP contribution in [0.4, 0.5) is 0 Å². The maximum Gasteiger partial charge on any atom is 0.227 e. The second-order valence-electron chi connectivity index (χ2n) is 8.01. The maximum atomic E-state index is 13.0. The van der Waals surface area contributed by atoms with Crippen molar-refractivity contribution in [2.75, 3.05) is 19.6 Å². The number of nitrogens with zero attached hydrogens (tertiary/aromatic N) is 4. The van der Waals surface area contributed by atoms with Crippen LogP contribution in [0.15, 0.2) is 42.6 Å². The second-order valence-corrected chi connectivity index (χ2v) is 8.01. The van der Waals surface area contributed by atoms with Crippen LogP contribution in [0.2, 0.25) is 0 Å². The summed E-state index contributed by atoms with van der Waals surface area (Å²) >= 11 is 0. The molecule has 0 saturated carbocycles. The lowest BCUT2D eigenvalue weighted by molar-refractivity contribution is -0.136. The average Bonchev–Trinajstić information content (AvgIpc) is 3.33. The Morgan fingerprint density at radius 1 is 1.14 bits per heavy atom. The summed E-state index contributed by atoms with van der Waals surface area (Å²) in [4.78, 5) is 29.4. The predicted molar refractivity (Wildman–Crippen MR) is 106 cm³/mol. The van der Waals surface area contributed by atoms with Gasteiger partial charge in [-0.15, -0.1) is 0 Å². The number of rotatable bonds is 4. The van der Waals surface area contributed by atoms with Crippen molar-refractivity contribution in [3.63, 3.8) is 0 Å². The molecular formula is C22H28N4O2. The SMILES string of the molecule is CC(c1ccccc1)N1CC(C(=O)N2CCC(c3ccnn3C)CC2)CC1=O. The van der Waals surface area contributed by atoms with Gasteiger partial charge in [-0.2, -0.15) is 5.10 Å². The summed E-state index contributed by atoms with van der Waals surface area (Å²) in [6, 6.07) is 12.1. The fraction of sp³-hybridized carbons (Fsp3) is 0.500. The van der Waals surface area contributed by atoms with Crippen molar-refractivity contribution in [3.8, 4) is 0 Å². The highest BCUT2D eigenvalue weighted by Crippen LogP contribution is 2.32. The number of amides is 2. The van der Waals surface area contributed by atoms with Gasteiger partial charge in [-0.3, -0.25) is 14.3 Å². The standard InChI is InChI=1S/C22H28N4O2/c1-16(17-6-4-3-5-7-17)26-15-19(14-21(26)27)22(28)25-12-9-18(10-13-25)20-8-11-23-24(20)2/h3-8,11,16,18-19H,9-10,12-15H2,1-2H3. The third-order valence-electron chi connectivity index (χ3n) is 6.34. The second kappa shape index (κ2) is 7.78. The molecule has 28 heavy (non-hydrogen) atoms. The van der Waals surface area contributed by atoms with Crippen LogP contribution in [0, 0.1) is 5.92 Å². The lowest BCUT2D eigenvalue weighted by atomic mass is 9.92. The summed E-state index contributed by atoms with van der Waals surface area (Å²) < 4.78 is 1.93. The van der Waals surface area contributed by atoms with Crippen molar-refractivity contribution >= 4 is 11.8 Å². The van der Waals surface area contributed by atoms with Crippen LogP contribution >= 0.6 is 0 Å². The zero-order valence-corrected chi connectivity index (χ0v) is 16.6. The maximum absolute atomic E-state index is 13.0. The fourth-order valence-corrected chi connectivity index (χ4v) is 4.62. The van der Waals surface area contributed by atoms with Gasteiger partial charge in [0.2, 0.25) is 11.8 Å². The smallest absolute Gasteiger partial charge is 0.227 e. The minimum Gasteiger partial charge on any atom is -0.342 e. The summed E-state index contributed by atoms with van der Waals surface area (Å²) in [5.74, 6) is 0.460. The minimum atomic E-state index is -0.216. The zero-order chi connectivity index (χ0) is 19.7. The molecular weight excluding hydrogens is 352 g/mol. The molecule has 2 fully saturated rings. The van der Waals surface area contributed by atoms with Gasteiger partial charge in [-0.1, -0.05) is 30.3 Å². The molecule has 3 heterocycles. The number of piperidine rings is 1. The van der Waals surface area contributed by atoms with E-state index in [4.69, 9.17) is 0 Å². The highest BCUT2D eigenvalue weighted by Gasteiger charge is 2.39. The molecule has 2 atom stereocenters. The molecule has 148 valence electrons. The first-order valence-electron chi connectivity index (χ1n) is 10.2. The van der Waals surface area contributed by atoms with Gasteiger partial charge in [0.25, 0.3) is 0 Å². The van der Waals surface area contributed by atoms with E-state index in [1.165, 1.54) is 5.69 Å². The minimum absolute atomic E-state index is 0.00192. The van der Waals surface area contributed by atoms with Gasteiger partial charge in [-0.05, 0) is 31.4 Å². The van der Waals surface area contributed by atoms with Crippen molar-refractivity contribution in [2.45, 2.75) is 38.1 Å². The fourth-order valence-electron chi connectivity index (χ4n) is 4.62. The number of aryl methyl sites for hydroxylation is 1. The Balaban J connectivity index is 1.36. The first kappa shape index (κ1) is 18.7. The van der Waals surface area contributed by atoms with Gasteiger partial charge in [-0.25, -0.2) is 0 Å². The van der Waals surface area contributed by atoms with Crippen LogP contribution < -0.4 is 0 Å². The van der Waals surface area contributed by atoms with E-state index < -0.39 is 0 Å². The van der Waals surface area contributed by atoms with E-state index in [0.29, 0.717) is 18.9 Å². The summed E-state index contributed by atoms with van der Waals surface area (Å²) in [5.41, 5.74) is 2.35. The molecule has 2 aliphatic rings. The topological polar surface area (TPSA) is 58.4 Å². The van der Waals surface area contributed by atoms with Crippen LogP contribution in [-0.2, 0) is 16.6 Å². The molecule has 6 heteroatoms. The molecule has 2 aromatic rings. The Morgan fingerprint density at radius 2 is 1.86 bits per heavy atom. The van der Waals surface area contributed by atoms with Gasteiger partial charge in [0, 0.05) is 50.9 Å². The van der Waals surface area contributed by atoms with E-state index in [0.717, 1.165) is 31.5 Å². The zero-order valence-electron chi connectivity index (χ0n) is 16.6. The van der Waals surface area contributed by atoms with Crippen LogP contribution in [0.5, 0.6) is 0 Å². The molecule has 0 radical (unpaired) electrons. The predicted octanol–water partition coefficient (Wildman–Crippen LogP) is 2.74. The van der Waals surface area contributed by atoms with E-state index in [-0.39, 0.29) is 23.8 Å². The number of benzene rings is 1. The number of likely N-dealkylation sites (tertiary alicyclic amines) is 2. The lowest BCUT2D eigenvalue weighted by Gasteiger charge is -2.33. The molecule has 6 nitrogen and oxygen atoms in total. The van der Waals surface area contributed by atoms with Crippen molar-refractivity contribution in [1.82, 2.24) is 19.6 Å². The summed E-state index contributed by atoms with van der Waals surface area (Å²) in [7, 11) is 1.97. The Kier molecular flexibility index (Phi) is 5.20. The largest absolute Gasteiger partial charge is 0.342 e. The molecule has 1 aromatic heterocycles. The highest BCUT2D eigenvalue weighted by atomic mass is 16.2. The number of carbonyl (C=O) groups excluding carboxylic acids is 2. The number of aromatic nitrogens is 2. The molecule has 2 amide bonds. The molecule has 0 aliphatic carbocycles. The number of carbonyl (C=O) groups is 2. The average molecular weight is 380 g/mol. The number of hydrogen-bond acceptors (Lipinski definition) is 3. The van der Waals surface area contributed by atoms with Crippen LogP contribution in [-0.4, -0.2) is 51.0 Å². The van der Waals surface area contributed by atoms with E-state index in [2.05, 4.69) is 11.2 Å². The summed E-state index contributed by atoms with van der Waals surface area (Å²) in [6.07, 6.45) is 4.07. The molecule has 2 saturated heterocycles. The quantitative estimate of drug-likeness (QED) is 0.819. The van der Waals surface area contributed by atoms with E-state index >= 15 is 0 Å². The van der Waals surface area contributed by atoms with Crippen molar-refractivity contribution < 1.29 is 9.59 Å². The Morgan fingerprint density at radius 3 is 2.50 bits per heavy atom. The molecule has 2 aliphatic heterocycles. The molecule has 0 N–H and O–H groups in total. The van der Waals surface area contributed by atoms with Gasteiger partial charge >= 0.3 is 0 Å². The third-order valence-corrected chi connectivity index (χ3v) is 6.34. The Bertz CT molecular complexity index is 839. The van der Waals surface area contributed by atoms with Crippen LogP contribution in [0.1, 0.15) is 49.4 Å². The van der Waals surface area contributed by atoms with Gasteiger partial charge in [0.05, 0.1) is 12.0 Å². The van der Waals surface area contributed by atoms with E-state index in [1.54, 1.807) is 0 Å². The summed E-state index contributed by atoms with van der Waals surface area (Å²) in [5, 5.41) is 4.26. The molecule has 1 aromatic carbocycles. The highest BCUT2D eigenvalue weighted by molar-refractivity contribution is 5.89. The monoisotopic (exact) mass is 380 g/mol. The van der Waals surface area contributed by atoms with Gasteiger partial charge < -0.3 is 9.80 Å². The van der Waals surface area contributed by atoms with Crippen molar-refractivity contribution in [3.05, 3.63) is 53.9 Å². The Labute approximate surface area is 166 Å². The molecule has 2 unspecified atom stereocenters.